The summed E-state index contributed by atoms with van der Waals surface area (Å²) in [6, 6.07) is 0.593. The lowest BCUT2D eigenvalue weighted by Crippen LogP contribution is -2.47. The van der Waals surface area contributed by atoms with E-state index in [0.29, 0.717) is 18.4 Å². The molecule has 1 saturated heterocycles. The molecule has 0 amide bonds. The summed E-state index contributed by atoms with van der Waals surface area (Å²) in [5.41, 5.74) is 5.47. The molecule has 0 aromatic heterocycles. The number of rotatable bonds is 3. The SMILES string of the molecule is CN(C)C1CCCN(CC(N)=NO)C1. The predicted molar refractivity (Wildman–Crippen MR) is 56.6 cm³/mol. The van der Waals surface area contributed by atoms with Crippen molar-refractivity contribution in [2.45, 2.75) is 18.9 Å². The molecule has 14 heavy (non-hydrogen) atoms. The van der Waals surface area contributed by atoms with Crippen molar-refractivity contribution < 1.29 is 5.21 Å². The second-order valence-corrected chi connectivity index (χ2v) is 4.09. The minimum Gasteiger partial charge on any atom is -0.409 e. The second kappa shape index (κ2) is 5.17. The summed E-state index contributed by atoms with van der Waals surface area (Å²) in [5, 5.41) is 11.5. The molecule has 0 spiro atoms. The van der Waals surface area contributed by atoms with Gasteiger partial charge in [-0.3, -0.25) is 4.90 Å². The standard InChI is InChI=1S/C9H20N4O/c1-12(2)8-4-3-5-13(6-8)7-9(10)11-14/h8,14H,3-7H2,1-2H3,(H2,10,11). The molecule has 0 radical (unpaired) electrons. The minimum absolute atomic E-state index is 0.296. The maximum atomic E-state index is 8.47. The van der Waals surface area contributed by atoms with E-state index in [2.05, 4.69) is 29.1 Å². The highest BCUT2D eigenvalue weighted by Crippen LogP contribution is 2.12. The van der Waals surface area contributed by atoms with E-state index in [1.807, 2.05) is 0 Å². The Morgan fingerprint density at radius 1 is 1.64 bits per heavy atom. The molecule has 0 aromatic carbocycles. The zero-order chi connectivity index (χ0) is 10.6. The molecular weight excluding hydrogens is 180 g/mol. The summed E-state index contributed by atoms with van der Waals surface area (Å²) in [6.45, 7) is 2.62. The van der Waals surface area contributed by atoms with Gasteiger partial charge < -0.3 is 15.8 Å². The Morgan fingerprint density at radius 3 is 2.93 bits per heavy atom. The molecule has 0 aromatic rings. The Labute approximate surface area is 85.2 Å². The monoisotopic (exact) mass is 200 g/mol. The summed E-state index contributed by atoms with van der Waals surface area (Å²) in [5.74, 6) is 0.296. The first-order chi connectivity index (χ1) is 6.63. The second-order valence-electron chi connectivity index (χ2n) is 4.09. The first-order valence-corrected chi connectivity index (χ1v) is 4.98. The van der Waals surface area contributed by atoms with Gasteiger partial charge in [0.1, 0.15) is 0 Å². The van der Waals surface area contributed by atoms with Gasteiger partial charge in [-0.1, -0.05) is 5.16 Å². The molecule has 1 fully saturated rings. The van der Waals surface area contributed by atoms with E-state index >= 15 is 0 Å². The largest absolute Gasteiger partial charge is 0.409 e. The van der Waals surface area contributed by atoms with Crippen LogP contribution in [0.4, 0.5) is 0 Å². The molecule has 5 nitrogen and oxygen atoms in total. The topological polar surface area (TPSA) is 65.1 Å². The molecule has 1 heterocycles. The Kier molecular flexibility index (Phi) is 4.16. The molecule has 82 valence electrons. The molecule has 0 aliphatic carbocycles. The lowest BCUT2D eigenvalue weighted by Gasteiger charge is -2.35. The Balaban J connectivity index is 2.40. The third kappa shape index (κ3) is 3.16. The predicted octanol–water partition coefficient (Wildman–Crippen LogP) is -0.241. The first kappa shape index (κ1) is 11.3. The third-order valence-electron chi connectivity index (χ3n) is 2.72. The molecule has 1 unspecified atom stereocenters. The molecule has 5 heteroatoms. The van der Waals surface area contributed by atoms with Crippen LogP contribution in [0, 0.1) is 0 Å². The van der Waals surface area contributed by atoms with Crippen LogP contribution < -0.4 is 5.73 Å². The average Bonchev–Trinajstić information content (AvgIpc) is 2.18. The van der Waals surface area contributed by atoms with Crippen molar-refractivity contribution in [1.82, 2.24) is 9.80 Å². The molecule has 0 saturated carbocycles. The maximum Gasteiger partial charge on any atom is 0.153 e. The summed E-state index contributed by atoms with van der Waals surface area (Å²) >= 11 is 0. The molecule has 1 aliphatic heterocycles. The van der Waals surface area contributed by atoms with Crippen molar-refractivity contribution in [3.05, 3.63) is 0 Å². The highest BCUT2D eigenvalue weighted by Gasteiger charge is 2.21. The van der Waals surface area contributed by atoms with E-state index in [1.165, 1.54) is 12.8 Å². The van der Waals surface area contributed by atoms with Crippen LogP contribution in [-0.2, 0) is 0 Å². The summed E-state index contributed by atoms with van der Waals surface area (Å²) in [4.78, 5) is 4.46. The van der Waals surface area contributed by atoms with Gasteiger partial charge >= 0.3 is 0 Å². The number of hydrogen-bond donors (Lipinski definition) is 2. The smallest absolute Gasteiger partial charge is 0.153 e. The first-order valence-electron chi connectivity index (χ1n) is 4.98. The molecular formula is C9H20N4O. The van der Waals surface area contributed by atoms with Crippen LogP contribution in [0.5, 0.6) is 0 Å². The number of likely N-dealkylation sites (tertiary alicyclic amines) is 1. The fourth-order valence-electron chi connectivity index (χ4n) is 1.86. The third-order valence-corrected chi connectivity index (χ3v) is 2.72. The van der Waals surface area contributed by atoms with Gasteiger partial charge in [-0.2, -0.15) is 0 Å². The summed E-state index contributed by atoms with van der Waals surface area (Å²) < 4.78 is 0. The van der Waals surface area contributed by atoms with E-state index < -0.39 is 0 Å². The van der Waals surface area contributed by atoms with Crippen LogP contribution in [0.15, 0.2) is 5.16 Å². The fraction of sp³-hybridized carbons (Fsp3) is 0.889. The van der Waals surface area contributed by atoms with Gasteiger partial charge in [0.25, 0.3) is 0 Å². The Hall–Kier alpha value is -0.810. The number of amidine groups is 1. The van der Waals surface area contributed by atoms with E-state index in [-0.39, 0.29) is 0 Å². The molecule has 0 bridgehead atoms. The van der Waals surface area contributed by atoms with Gasteiger partial charge in [0.15, 0.2) is 5.84 Å². The lowest BCUT2D eigenvalue weighted by molar-refractivity contribution is 0.146. The van der Waals surface area contributed by atoms with Gasteiger partial charge in [-0.25, -0.2) is 0 Å². The van der Waals surface area contributed by atoms with Gasteiger partial charge in [0.05, 0.1) is 6.54 Å². The van der Waals surface area contributed by atoms with Crippen LogP contribution in [0.25, 0.3) is 0 Å². The number of likely N-dealkylation sites (N-methyl/N-ethyl adjacent to an activating group) is 1. The highest BCUT2D eigenvalue weighted by molar-refractivity contribution is 5.81. The van der Waals surface area contributed by atoms with E-state index in [1.54, 1.807) is 0 Å². The number of hydrogen-bond acceptors (Lipinski definition) is 4. The van der Waals surface area contributed by atoms with Crippen LogP contribution in [0.1, 0.15) is 12.8 Å². The summed E-state index contributed by atoms with van der Waals surface area (Å²) in [7, 11) is 4.19. The van der Waals surface area contributed by atoms with Crippen molar-refractivity contribution in [2.75, 3.05) is 33.7 Å². The van der Waals surface area contributed by atoms with Crippen molar-refractivity contribution in [3.63, 3.8) is 0 Å². The van der Waals surface area contributed by atoms with Crippen LogP contribution >= 0.6 is 0 Å². The van der Waals surface area contributed by atoms with Gasteiger partial charge in [-0.15, -0.1) is 0 Å². The Bertz CT molecular complexity index is 205. The molecule has 1 atom stereocenters. The number of oxime groups is 1. The zero-order valence-electron chi connectivity index (χ0n) is 8.98. The van der Waals surface area contributed by atoms with Crippen LogP contribution in [-0.4, -0.2) is 60.6 Å². The van der Waals surface area contributed by atoms with Crippen LogP contribution in [0.2, 0.25) is 0 Å². The average molecular weight is 200 g/mol. The maximum absolute atomic E-state index is 8.47. The molecule has 1 aliphatic rings. The zero-order valence-corrected chi connectivity index (χ0v) is 8.98. The number of nitrogens with zero attached hydrogens (tertiary/aromatic N) is 3. The fourth-order valence-corrected chi connectivity index (χ4v) is 1.86. The number of piperidine rings is 1. The Morgan fingerprint density at radius 2 is 2.36 bits per heavy atom. The summed E-state index contributed by atoms with van der Waals surface area (Å²) in [6.07, 6.45) is 2.42. The van der Waals surface area contributed by atoms with Crippen molar-refractivity contribution in [2.24, 2.45) is 10.9 Å². The lowest BCUT2D eigenvalue weighted by atomic mass is 10.1. The van der Waals surface area contributed by atoms with Crippen LogP contribution in [0.3, 0.4) is 0 Å². The van der Waals surface area contributed by atoms with Gasteiger partial charge in [0, 0.05) is 12.6 Å². The van der Waals surface area contributed by atoms with Gasteiger partial charge in [0.2, 0.25) is 0 Å². The van der Waals surface area contributed by atoms with E-state index in [9.17, 15) is 0 Å². The van der Waals surface area contributed by atoms with E-state index in [4.69, 9.17) is 10.9 Å². The van der Waals surface area contributed by atoms with Crippen molar-refractivity contribution >= 4 is 5.84 Å². The molecule has 1 rings (SSSR count). The highest BCUT2D eigenvalue weighted by atomic mass is 16.4. The minimum atomic E-state index is 0.296. The normalized spacial score (nSPS) is 25.6. The van der Waals surface area contributed by atoms with Crippen molar-refractivity contribution in [3.8, 4) is 0 Å². The quantitative estimate of drug-likeness (QED) is 0.285. The van der Waals surface area contributed by atoms with Gasteiger partial charge in [-0.05, 0) is 33.5 Å². The van der Waals surface area contributed by atoms with E-state index in [0.717, 1.165) is 13.1 Å². The molecule has 3 N–H and O–H groups in total. The number of nitrogens with two attached hydrogens (primary N) is 1. The van der Waals surface area contributed by atoms with Crippen molar-refractivity contribution in [1.29, 1.82) is 0 Å².